The van der Waals surface area contributed by atoms with Crippen LogP contribution in [0.5, 0.6) is 0 Å². The fourth-order valence-corrected chi connectivity index (χ4v) is 3.95. The van der Waals surface area contributed by atoms with E-state index < -0.39 is 0 Å². The van der Waals surface area contributed by atoms with E-state index in [4.69, 9.17) is 0 Å². The molecule has 1 unspecified atom stereocenters. The number of carbonyl (C=O) groups is 1. The SMILES string of the molecule is CCC1CCC(C(=O)NCC2NCCc3ccccc32)CC1.Cl. The summed E-state index contributed by atoms with van der Waals surface area (Å²) in [5.74, 6) is 1.34. The lowest BCUT2D eigenvalue weighted by atomic mass is 9.80. The zero-order valence-electron chi connectivity index (χ0n) is 14.0. The van der Waals surface area contributed by atoms with Crippen molar-refractivity contribution in [3.05, 3.63) is 35.4 Å². The first-order valence-electron chi connectivity index (χ1n) is 8.86. The Hall–Kier alpha value is -1.06. The molecule has 1 amide bonds. The van der Waals surface area contributed by atoms with Crippen LogP contribution in [-0.2, 0) is 11.2 Å². The van der Waals surface area contributed by atoms with Crippen LogP contribution in [0.15, 0.2) is 24.3 Å². The number of hydrogen-bond acceptors (Lipinski definition) is 2. The number of carbonyl (C=O) groups excluding carboxylic acids is 1. The van der Waals surface area contributed by atoms with E-state index in [1.165, 1.54) is 30.4 Å². The van der Waals surface area contributed by atoms with E-state index in [2.05, 4.69) is 41.8 Å². The minimum absolute atomic E-state index is 0. The van der Waals surface area contributed by atoms with Gasteiger partial charge in [0.05, 0.1) is 0 Å². The fourth-order valence-electron chi connectivity index (χ4n) is 3.95. The number of benzene rings is 1. The number of halogens is 1. The maximum atomic E-state index is 12.4. The molecule has 1 saturated carbocycles. The number of hydrogen-bond donors (Lipinski definition) is 2. The monoisotopic (exact) mass is 336 g/mol. The molecule has 1 heterocycles. The second kappa shape index (κ2) is 8.70. The van der Waals surface area contributed by atoms with Gasteiger partial charge < -0.3 is 10.6 Å². The van der Waals surface area contributed by atoms with Crippen molar-refractivity contribution >= 4 is 18.3 Å². The lowest BCUT2D eigenvalue weighted by Crippen LogP contribution is -2.41. The van der Waals surface area contributed by atoms with Gasteiger partial charge in [0.2, 0.25) is 5.91 Å². The number of amides is 1. The smallest absolute Gasteiger partial charge is 0.223 e. The number of fused-ring (bicyclic) bond motifs is 1. The molecule has 0 bridgehead atoms. The summed E-state index contributed by atoms with van der Waals surface area (Å²) in [7, 11) is 0. The summed E-state index contributed by atoms with van der Waals surface area (Å²) < 4.78 is 0. The van der Waals surface area contributed by atoms with Crippen molar-refractivity contribution in [1.82, 2.24) is 10.6 Å². The number of nitrogens with one attached hydrogen (secondary N) is 2. The molecule has 1 aromatic rings. The quantitative estimate of drug-likeness (QED) is 0.881. The Labute approximate surface area is 146 Å². The van der Waals surface area contributed by atoms with Gasteiger partial charge in [0.25, 0.3) is 0 Å². The molecule has 0 radical (unpaired) electrons. The Balaban J connectivity index is 0.00000192. The van der Waals surface area contributed by atoms with Crippen LogP contribution in [0.25, 0.3) is 0 Å². The Morgan fingerprint density at radius 1 is 1.22 bits per heavy atom. The van der Waals surface area contributed by atoms with E-state index in [9.17, 15) is 4.79 Å². The summed E-state index contributed by atoms with van der Waals surface area (Å²) in [5.41, 5.74) is 2.77. The van der Waals surface area contributed by atoms with Crippen molar-refractivity contribution in [3.8, 4) is 0 Å². The predicted molar refractivity (Wildman–Crippen MR) is 96.9 cm³/mol. The van der Waals surface area contributed by atoms with Gasteiger partial charge in [-0.2, -0.15) is 0 Å². The van der Waals surface area contributed by atoms with Crippen LogP contribution in [-0.4, -0.2) is 19.0 Å². The molecule has 4 heteroatoms. The molecule has 1 atom stereocenters. The second-order valence-corrected chi connectivity index (χ2v) is 6.83. The van der Waals surface area contributed by atoms with Crippen molar-refractivity contribution in [2.45, 2.75) is 51.5 Å². The minimum atomic E-state index is 0. The van der Waals surface area contributed by atoms with Crippen molar-refractivity contribution in [2.24, 2.45) is 11.8 Å². The Kier molecular flexibility index (Phi) is 6.91. The topological polar surface area (TPSA) is 41.1 Å². The average molecular weight is 337 g/mol. The highest BCUT2D eigenvalue weighted by atomic mass is 35.5. The van der Waals surface area contributed by atoms with Gasteiger partial charge in [0.15, 0.2) is 0 Å². The maximum absolute atomic E-state index is 12.4. The fraction of sp³-hybridized carbons (Fsp3) is 0.632. The summed E-state index contributed by atoms with van der Waals surface area (Å²) in [6.45, 7) is 3.97. The minimum Gasteiger partial charge on any atom is -0.354 e. The Morgan fingerprint density at radius 3 is 2.70 bits per heavy atom. The molecule has 3 rings (SSSR count). The van der Waals surface area contributed by atoms with E-state index in [0.717, 1.165) is 31.7 Å². The largest absolute Gasteiger partial charge is 0.354 e. The van der Waals surface area contributed by atoms with Crippen molar-refractivity contribution < 1.29 is 4.79 Å². The van der Waals surface area contributed by atoms with Gasteiger partial charge in [-0.05, 0) is 55.7 Å². The van der Waals surface area contributed by atoms with Gasteiger partial charge in [-0.25, -0.2) is 0 Å². The lowest BCUT2D eigenvalue weighted by molar-refractivity contribution is -0.126. The third-order valence-corrected chi connectivity index (χ3v) is 5.49. The van der Waals surface area contributed by atoms with Crippen LogP contribution in [0.1, 0.15) is 56.2 Å². The van der Waals surface area contributed by atoms with Gasteiger partial charge >= 0.3 is 0 Å². The average Bonchev–Trinajstić information content (AvgIpc) is 2.59. The zero-order chi connectivity index (χ0) is 15.4. The first kappa shape index (κ1) is 18.3. The highest BCUT2D eigenvalue weighted by Crippen LogP contribution is 2.30. The number of rotatable bonds is 4. The zero-order valence-corrected chi connectivity index (χ0v) is 14.8. The normalized spacial score (nSPS) is 26.7. The van der Waals surface area contributed by atoms with E-state index in [1.807, 2.05) is 0 Å². The Bertz CT molecular complexity index is 512. The maximum Gasteiger partial charge on any atom is 0.223 e. The predicted octanol–water partition coefficient (Wildman–Crippen LogP) is 3.63. The van der Waals surface area contributed by atoms with Gasteiger partial charge in [0, 0.05) is 18.5 Å². The molecule has 0 spiro atoms. The second-order valence-electron chi connectivity index (χ2n) is 6.83. The molecule has 1 aliphatic carbocycles. The highest BCUT2D eigenvalue weighted by molar-refractivity contribution is 5.85. The standard InChI is InChI=1S/C19H28N2O.ClH/c1-2-14-7-9-16(10-8-14)19(22)21-13-18-17-6-4-3-5-15(17)11-12-20-18;/h3-6,14,16,18,20H,2,7-13H2,1H3,(H,21,22);1H. The molecule has 23 heavy (non-hydrogen) atoms. The Morgan fingerprint density at radius 2 is 1.96 bits per heavy atom. The van der Waals surface area contributed by atoms with Gasteiger partial charge in [0.1, 0.15) is 0 Å². The van der Waals surface area contributed by atoms with Gasteiger partial charge in [-0.3, -0.25) is 4.79 Å². The lowest BCUT2D eigenvalue weighted by Gasteiger charge is -2.30. The van der Waals surface area contributed by atoms with Crippen molar-refractivity contribution in [1.29, 1.82) is 0 Å². The molecule has 1 fully saturated rings. The molecule has 2 N–H and O–H groups in total. The summed E-state index contributed by atoms with van der Waals surface area (Å²) in [6.07, 6.45) is 6.93. The third kappa shape index (κ3) is 4.48. The molecular formula is C19H29ClN2O. The third-order valence-electron chi connectivity index (χ3n) is 5.49. The van der Waals surface area contributed by atoms with Crippen LogP contribution in [0.3, 0.4) is 0 Å². The van der Waals surface area contributed by atoms with Crippen LogP contribution in [0, 0.1) is 11.8 Å². The summed E-state index contributed by atoms with van der Waals surface area (Å²) in [6, 6.07) is 8.85. The molecule has 0 aromatic heterocycles. The molecule has 0 saturated heterocycles. The molecule has 1 aliphatic heterocycles. The van der Waals surface area contributed by atoms with Crippen LogP contribution in [0.4, 0.5) is 0 Å². The van der Waals surface area contributed by atoms with Crippen molar-refractivity contribution in [3.63, 3.8) is 0 Å². The molecule has 2 aliphatic rings. The van der Waals surface area contributed by atoms with Gasteiger partial charge in [-0.15, -0.1) is 12.4 Å². The summed E-state index contributed by atoms with van der Waals surface area (Å²) >= 11 is 0. The molecule has 128 valence electrons. The van der Waals surface area contributed by atoms with E-state index in [1.54, 1.807) is 0 Å². The summed E-state index contributed by atoms with van der Waals surface area (Å²) in [4.78, 5) is 12.4. The van der Waals surface area contributed by atoms with Gasteiger partial charge in [-0.1, -0.05) is 37.6 Å². The van der Waals surface area contributed by atoms with Crippen molar-refractivity contribution in [2.75, 3.05) is 13.1 Å². The van der Waals surface area contributed by atoms with Crippen LogP contribution in [0.2, 0.25) is 0 Å². The molecule has 1 aromatic carbocycles. The first-order valence-corrected chi connectivity index (χ1v) is 8.86. The van der Waals surface area contributed by atoms with E-state index in [-0.39, 0.29) is 30.3 Å². The summed E-state index contributed by atoms with van der Waals surface area (Å²) in [5, 5.41) is 6.73. The van der Waals surface area contributed by atoms with Crippen LogP contribution < -0.4 is 10.6 Å². The van der Waals surface area contributed by atoms with E-state index in [0.29, 0.717) is 6.54 Å². The molecule has 3 nitrogen and oxygen atoms in total. The van der Waals surface area contributed by atoms with Crippen LogP contribution >= 0.6 is 12.4 Å². The first-order chi connectivity index (χ1) is 10.8. The van der Waals surface area contributed by atoms with E-state index >= 15 is 0 Å². The highest BCUT2D eigenvalue weighted by Gasteiger charge is 2.26. The molecular weight excluding hydrogens is 308 g/mol.